The van der Waals surface area contributed by atoms with E-state index in [2.05, 4.69) is 4.98 Å². The van der Waals surface area contributed by atoms with Gasteiger partial charge in [-0.05, 0) is 61.9 Å². The van der Waals surface area contributed by atoms with E-state index >= 15 is 0 Å². The Morgan fingerprint density at radius 2 is 2.20 bits per heavy atom. The molecule has 0 N–H and O–H groups in total. The van der Waals surface area contributed by atoms with Gasteiger partial charge in [-0.15, -0.1) is 11.3 Å². The SMILES string of the molecule is O=c1c2c3c(sc2nc(Sc2ncccc2[N+](=O)[O-])n1CC1CCCO1)CCCC3. The first kappa shape index (κ1) is 19.7. The molecule has 1 saturated heterocycles. The molecule has 10 heteroatoms. The van der Waals surface area contributed by atoms with E-state index in [4.69, 9.17) is 9.72 Å². The first-order valence-corrected chi connectivity index (χ1v) is 11.7. The highest BCUT2D eigenvalue weighted by Gasteiger charge is 2.26. The Balaban J connectivity index is 1.66. The molecule has 3 aromatic heterocycles. The van der Waals surface area contributed by atoms with Crippen molar-refractivity contribution < 1.29 is 9.66 Å². The number of fused-ring (bicyclic) bond motifs is 3. The van der Waals surface area contributed by atoms with Crippen molar-refractivity contribution in [3.05, 3.63) is 49.2 Å². The summed E-state index contributed by atoms with van der Waals surface area (Å²) >= 11 is 2.65. The molecular weight excluding hydrogens is 424 g/mol. The van der Waals surface area contributed by atoms with Gasteiger partial charge >= 0.3 is 5.69 Å². The van der Waals surface area contributed by atoms with Gasteiger partial charge in [0.2, 0.25) is 0 Å². The standard InChI is InChI=1S/C20H20N4O4S2/c25-19-16-13-6-1-2-8-15(13)29-18(16)22-20(23(19)11-12-5-4-10-28-12)30-17-14(24(26)27)7-3-9-21-17/h3,7,9,12H,1-2,4-6,8,10-11H2. The topological polar surface area (TPSA) is 100 Å². The van der Waals surface area contributed by atoms with Gasteiger partial charge < -0.3 is 4.74 Å². The molecule has 0 bridgehead atoms. The van der Waals surface area contributed by atoms with Gasteiger partial charge in [0.1, 0.15) is 4.83 Å². The quantitative estimate of drug-likeness (QED) is 0.333. The molecule has 1 aliphatic heterocycles. The summed E-state index contributed by atoms with van der Waals surface area (Å²) in [6.07, 6.45) is 7.43. The minimum atomic E-state index is -0.458. The molecule has 1 unspecified atom stereocenters. The van der Waals surface area contributed by atoms with Crippen molar-refractivity contribution in [1.82, 2.24) is 14.5 Å². The van der Waals surface area contributed by atoms with Gasteiger partial charge in [0.25, 0.3) is 5.56 Å². The minimum Gasteiger partial charge on any atom is -0.376 e. The summed E-state index contributed by atoms with van der Waals surface area (Å²) in [5.41, 5.74) is 0.974. The van der Waals surface area contributed by atoms with Crippen molar-refractivity contribution in [3.63, 3.8) is 0 Å². The lowest BCUT2D eigenvalue weighted by Crippen LogP contribution is -2.29. The zero-order chi connectivity index (χ0) is 20.7. The third kappa shape index (κ3) is 3.52. The summed E-state index contributed by atoms with van der Waals surface area (Å²) in [6, 6.07) is 2.95. The number of aryl methyl sites for hydroxylation is 2. The van der Waals surface area contributed by atoms with Crippen LogP contribution >= 0.6 is 23.1 Å². The lowest BCUT2D eigenvalue weighted by Gasteiger charge is -2.16. The van der Waals surface area contributed by atoms with E-state index in [0.29, 0.717) is 23.7 Å². The fourth-order valence-corrected chi connectivity index (χ4v) is 6.38. The molecule has 30 heavy (non-hydrogen) atoms. The summed E-state index contributed by atoms with van der Waals surface area (Å²) in [7, 11) is 0. The lowest BCUT2D eigenvalue weighted by molar-refractivity contribution is -0.388. The Bertz CT molecular complexity index is 1180. The van der Waals surface area contributed by atoms with Crippen LogP contribution in [0.15, 0.2) is 33.3 Å². The van der Waals surface area contributed by atoms with Crippen molar-refractivity contribution in [1.29, 1.82) is 0 Å². The van der Waals surface area contributed by atoms with E-state index in [1.165, 1.54) is 23.2 Å². The number of nitrogens with zero attached hydrogens (tertiary/aromatic N) is 4. The molecule has 0 saturated carbocycles. The number of thiophene rings is 1. The van der Waals surface area contributed by atoms with E-state index in [-0.39, 0.29) is 22.4 Å². The number of hydrogen-bond acceptors (Lipinski definition) is 8. The highest BCUT2D eigenvalue weighted by atomic mass is 32.2. The molecule has 3 aromatic rings. The Morgan fingerprint density at radius 1 is 1.33 bits per heavy atom. The van der Waals surface area contributed by atoms with Crippen molar-refractivity contribution in [3.8, 4) is 0 Å². The number of aromatic nitrogens is 3. The molecule has 156 valence electrons. The van der Waals surface area contributed by atoms with Crippen molar-refractivity contribution in [2.75, 3.05) is 6.61 Å². The van der Waals surface area contributed by atoms with Gasteiger partial charge in [-0.25, -0.2) is 9.97 Å². The molecule has 4 heterocycles. The molecule has 0 aromatic carbocycles. The van der Waals surface area contributed by atoms with Crippen LogP contribution in [0, 0.1) is 10.1 Å². The molecule has 8 nitrogen and oxygen atoms in total. The predicted molar refractivity (Wildman–Crippen MR) is 115 cm³/mol. The van der Waals surface area contributed by atoms with Crippen LogP contribution in [0.5, 0.6) is 0 Å². The molecule has 1 fully saturated rings. The van der Waals surface area contributed by atoms with Crippen LogP contribution in [0.3, 0.4) is 0 Å². The number of ether oxygens (including phenoxy) is 1. The molecule has 1 aliphatic carbocycles. The third-order valence-electron chi connectivity index (χ3n) is 5.59. The number of pyridine rings is 1. The average Bonchev–Trinajstić information content (AvgIpc) is 3.38. The summed E-state index contributed by atoms with van der Waals surface area (Å²) in [4.78, 5) is 35.5. The first-order chi connectivity index (χ1) is 14.6. The summed E-state index contributed by atoms with van der Waals surface area (Å²) in [6.45, 7) is 1.09. The van der Waals surface area contributed by atoms with Crippen LogP contribution in [0.25, 0.3) is 10.2 Å². The Kier molecular flexibility index (Phi) is 5.30. The van der Waals surface area contributed by atoms with Gasteiger partial charge in [-0.1, -0.05) is 0 Å². The molecule has 0 amide bonds. The molecule has 0 radical (unpaired) electrons. The Labute approximate surface area is 180 Å². The zero-order valence-electron chi connectivity index (χ0n) is 16.2. The number of hydrogen-bond donors (Lipinski definition) is 0. The van der Waals surface area contributed by atoms with Gasteiger partial charge in [0.15, 0.2) is 10.2 Å². The number of nitro groups is 1. The highest BCUT2D eigenvalue weighted by molar-refractivity contribution is 7.99. The van der Waals surface area contributed by atoms with Gasteiger partial charge in [-0.2, -0.15) is 0 Å². The maximum atomic E-state index is 13.6. The smallest absolute Gasteiger partial charge is 0.301 e. The Morgan fingerprint density at radius 3 is 3.00 bits per heavy atom. The first-order valence-electron chi connectivity index (χ1n) is 10.1. The largest absolute Gasteiger partial charge is 0.376 e. The molecule has 1 atom stereocenters. The normalized spacial score (nSPS) is 18.6. The minimum absolute atomic E-state index is 0.0468. The predicted octanol–water partition coefficient (Wildman–Crippen LogP) is 3.97. The van der Waals surface area contributed by atoms with Crippen LogP contribution in [-0.2, 0) is 24.1 Å². The summed E-state index contributed by atoms with van der Waals surface area (Å²) < 4.78 is 7.41. The van der Waals surface area contributed by atoms with E-state index < -0.39 is 4.92 Å². The van der Waals surface area contributed by atoms with E-state index in [9.17, 15) is 14.9 Å². The zero-order valence-corrected chi connectivity index (χ0v) is 17.8. The maximum absolute atomic E-state index is 13.6. The molecular formula is C20H20N4O4S2. The van der Waals surface area contributed by atoms with E-state index in [1.807, 2.05) is 0 Å². The fraction of sp³-hybridized carbons (Fsp3) is 0.450. The van der Waals surface area contributed by atoms with Crippen LogP contribution in [0.4, 0.5) is 5.69 Å². The van der Waals surface area contributed by atoms with Crippen LogP contribution in [0.1, 0.15) is 36.1 Å². The Hall–Kier alpha value is -2.30. The van der Waals surface area contributed by atoms with Crippen LogP contribution in [0.2, 0.25) is 0 Å². The second-order valence-corrected chi connectivity index (χ2v) is 9.56. The van der Waals surface area contributed by atoms with Crippen LogP contribution in [-0.4, -0.2) is 32.2 Å². The number of rotatable bonds is 5. The van der Waals surface area contributed by atoms with Crippen LogP contribution < -0.4 is 5.56 Å². The van der Waals surface area contributed by atoms with Gasteiger partial charge in [0.05, 0.1) is 23.0 Å². The van der Waals surface area contributed by atoms with Crippen molar-refractivity contribution >= 4 is 39.0 Å². The summed E-state index contributed by atoms with van der Waals surface area (Å²) in [5.74, 6) is 0. The average molecular weight is 445 g/mol. The second-order valence-electron chi connectivity index (χ2n) is 7.52. The van der Waals surface area contributed by atoms with E-state index in [0.717, 1.165) is 60.7 Å². The second kappa shape index (κ2) is 8.09. The molecule has 0 spiro atoms. The van der Waals surface area contributed by atoms with Crippen molar-refractivity contribution in [2.45, 2.75) is 61.4 Å². The summed E-state index contributed by atoms with van der Waals surface area (Å²) in [5, 5.41) is 12.8. The van der Waals surface area contributed by atoms with E-state index in [1.54, 1.807) is 15.9 Å². The lowest BCUT2D eigenvalue weighted by atomic mass is 9.97. The monoisotopic (exact) mass is 444 g/mol. The van der Waals surface area contributed by atoms with Gasteiger partial charge in [0, 0.05) is 23.7 Å². The molecule has 2 aliphatic rings. The third-order valence-corrected chi connectivity index (χ3v) is 7.77. The highest BCUT2D eigenvalue weighted by Crippen LogP contribution is 2.37. The fourth-order valence-electron chi connectivity index (χ4n) is 4.14. The van der Waals surface area contributed by atoms with Crippen molar-refractivity contribution in [2.24, 2.45) is 0 Å². The van der Waals surface area contributed by atoms with Gasteiger partial charge in [-0.3, -0.25) is 19.5 Å². The molecule has 5 rings (SSSR count). The maximum Gasteiger partial charge on any atom is 0.301 e.